The van der Waals surface area contributed by atoms with Gasteiger partial charge in [-0.05, 0) is 18.9 Å². The van der Waals surface area contributed by atoms with Gasteiger partial charge in [-0.25, -0.2) is 4.98 Å². The predicted molar refractivity (Wildman–Crippen MR) is 94.2 cm³/mol. The molecule has 1 aromatic heterocycles. The summed E-state index contributed by atoms with van der Waals surface area (Å²) >= 11 is 6.27. The molecule has 25 heavy (non-hydrogen) atoms. The van der Waals surface area contributed by atoms with E-state index < -0.39 is 0 Å². The molecule has 6 nitrogen and oxygen atoms in total. The summed E-state index contributed by atoms with van der Waals surface area (Å²) in [6, 6.07) is 2.41. The first-order chi connectivity index (χ1) is 12.2. The summed E-state index contributed by atoms with van der Waals surface area (Å²) in [6.45, 7) is 4.71. The second-order valence-electron chi connectivity index (χ2n) is 7.03. The Morgan fingerprint density at radius 3 is 2.64 bits per heavy atom. The van der Waals surface area contributed by atoms with Gasteiger partial charge in [0.2, 0.25) is 5.88 Å². The Kier molecular flexibility index (Phi) is 5.10. The van der Waals surface area contributed by atoms with E-state index in [-0.39, 0.29) is 12.0 Å². The van der Waals surface area contributed by atoms with Gasteiger partial charge in [0, 0.05) is 44.8 Å². The molecule has 1 amide bonds. The van der Waals surface area contributed by atoms with Crippen molar-refractivity contribution in [2.45, 2.75) is 37.8 Å². The van der Waals surface area contributed by atoms with Crippen molar-refractivity contribution >= 4 is 17.5 Å². The van der Waals surface area contributed by atoms with Crippen LogP contribution in [0.25, 0.3) is 0 Å². The Labute approximate surface area is 153 Å². The van der Waals surface area contributed by atoms with Crippen LogP contribution in [0.4, 0.5) is 0 Å². The number of rotatable bonds is 4. The van der Waals surface area contributed by atoms with Crippen LogP contribution >= 0.6 is 11.6 Å². The minimum Gasteiger partial charge on any atom is -0.471 e. The van der Waals surface area contributed by atoms with Crippen LogP contribution < -0.4 is 4.74 Å². The first-order valence-corrected chi connectivity index (χ1v) is 9.52. The fourth-order valence-corrected chi connectivity index (χ4v) is 3.83. The van der Waals surface area contributed by atoms with Gasteiger partial charge in [-0.15, -0.1) is 0 Å². The molecule has 7 heteroatoms. The lowest BCUT2D eigenvalue weighted by molar-refractivity contribution is 0.0455. The maximum atomic E-state index is 12.7. The van der Waals surface area contributed by atoms with Gasteiger partial charge in [-0.2, -0.15) is 0 Å². The Morgan fingerprint density at radius 2 is 2.04 bits per heavy atom. The van der Waals surface area contributed by atoms with Crippen molar-refractivity contribution in [2.75, 3.05) is 39.4 Å². The van der Waals surface area contributed by atoms with Crippen LogP contribution in [0.15, 0.2) is 12.3 Å². The van der Waals surface area contributed by atoms with Gasteiger partial charge < -0.3 is 14.4 Å². The van der Waals surface area contributed by atoms with Crippen molar-refractivity contribution in [1.29, 1.82) is 0 Å². The highest BCUT2D eigenvalue weighted by atomic mass is 35.5. The molecule has 1 unspecified atom stereocenters. The van der Waals surface area contributed by atoms with Gasteiger partial charge in [-0.1, -0.05) is 18.0 Å². The van der Waals surface area contributed by atoms with Gasteiger partial charge in [0.1, 0.15) is 11.1 Å². The Morgan fingerprint density at radius 1 is 1.24 bits per heavy atom. The predicted octanol–water partition coefficient (Wildman–Crippen LogP) is 2.21. The van der Waals surface area contributed by atoms with E-state index in [9.17, 15) is 4.79 Å². The molecule has 4 rings (SSSR count). The summed E-state index contributed by atoms with van der Waals surface area (Å²) in [5.74, 6) is 0.377. The van der Waals surface area contributed by atoms with E-state index in [0.29, 0.717) is 29.7 Å². The van der Waals surface area contributed by atoms with E-state index >= 15 is 0 Å². The highest BCUT2D eigenvalue weighted by molar-refractivity contribution is 6.32. The van der Waals surface area contributed by atoms with Gasteiger partial charge in [0.05, 0.1) is 18.8 Å². The average Bonchev–Trinajstić information content (AvgIpc) is 3.08. The molecule has 0 spiro atoms. The molecule has 2 aliphatic heterocycles. The number of hydrogen-bond acceptors (Lipinski definition) is 5. The first-order valence-electron chi connectivity index (χ1n) is 9.14. The number of halogens is 1. The number of piperazine rings is 1. The molecule has 0 radical (unpaired) electrons. The van der Waals surface area contributed by atoms with E-state index in [2.05, 4.69) is 9.88 Å². The highest BCUT2D eigenvalue weighted by Gasteiger charge is 2.30. The molecule has 0 bridgehead atoms. The lowest BCUT2D eigenvalue weighted by atomic mass is 9.91. The molecule has 1 aromatic rings. The van der Waals surface area contributed by atoms with E-state index in [0.717, 1.165) is 38.6 Å². The Balaban J connectivity index is 1.36. The maximum absolute atomic E-state index is 12.7. The number of ether oxygens (including phenoxy) is 2. The molecule has 136 valence electrons. The van der Waals surface area contributed by atoms with Crippen LogP contribution in [-0.4, -0.2) is 72.2 Å². The molecule has 1 atom stereocenters. The third-order valence-electron chi connectivity index (χ3n) is 5.41. The second kappa shape index (κ2) is 7.48. The zero-order valence-corrected chi connectivity index (χ0v) is 15.1. The number of hydrogen-bond donors (Lipinski definition) is 0. The van der Waals surface area contributed by atoms with Gasteiger partial charge in [-0.3, -0.25) is 9.69 Å². The van der Waals surface area contributed by atoms with E-state index in [1.807, 2.05) is 4.90 Å². The Bertz CT molecular complexity index is 624. The quantitative estimate of drug-likeness (QED) is 0.818. The van der Waals surface area contributed by atoms with Crippen molar-refractivity contribution in [3.05, 3.63) is 22.8 Å². The fourth-order valence-electron chi connectivity index (χ4n) is 3.62. The molecule has 3 heterocycles. The van der Waals surface area contributed by atoms with Crippen LogP contribution in [-0.2, 0) is 4.74 Å². The summed E-state index contributed by atoms with van der Waals surface area (Å²) < 4.78 is 11.0. The van der Waals surface area contributed by atoms with Crippen molar-refractivity contribution in [3.8, 4) is 5.88 Å². The molecule has 2 saturated heterocycles. The van der Waals surface area contributed by atoms with Crippen LogP contribution in [0.3, 0.4) is 0 Å². The SMILES string of the molecule is O=C(c1cnc(OC2CCOC2)c(Cl)c1)N1CCN(C2CCC2)CC1. The van der Waals surface area contributed by atoms with Gasteiger partial charge >= 0.3 is 0 Å². The second-order valence-corrected chi connectivity index (χ2v) is 7.43. The zero-order chi connectivity index (χ0) is 17.2. The largest absolute Gasteiger partial charge is 0.471 e. The smallest absolute Gasteiger partial charge is 0.255 e. The molecule has 1 aliphatic carbocycles. The number of nitrogens with zero attached hydrogens (tertiary/aromatic N) is 3. The molecule has 3 aliphatic rings. The highest BCUT2D eigenvalue weighted by Crippen LogP contribution is 2.27. The molecule has 3 fully saturated rings. The minimum absolute atomic E-state index is 0.00147. The summed E-state index contributed by atoms with van der Waals surface area (Å²) in [7, 11) is 0. The van der Waals surface area contributed by atoms with Crippen molar-refractivity contribution < 1.29 is 14.3 Å². The van der Waals surface area contributed by atoms with Gasteiger partial charge in [0.15, 0.2) is 0 Å². The summed E-state index contributed by atoms with van der Waals surface area (Å²) in [6.07, 6.45) is 6.35. The number of amides is 1. The summed E-state index contributed by atoms with van der Waals surface area (Å²) in [4.78, 5) is 21.4. The molecule has 1 saturated carbocycles. The van der Waals surface area contributed by atoms with Crippen molar-refractivity contribution in [3.63, 3.8) is 0 Å². The lowest BCUT2D eigenvalue weighted by Gasteiger charge is -2.42. The summed E-state index contributed by atoms with van der Waals surface area (Å²) in [5, 5.41) is 0.380. The maximum Gasteiger partial charge on any atom is 0.255 e. The summed E-state index contributed by atoms with van der Waals surface area (Å²) in [5.41, 5.74) is 0.525. The first kappa shape index (κ1) is 17.1. The molecular formula is C18H24ClN3O3. The number of aromatic nitrogens is 1. The van der Waals surface area contributed by atoms with E-state index in [1.165, 1.54) is 19.3 Å². The Hall–Kier alpha value is -1.37. The molecular weight excluding hydrogens is 342 g/mol. The molecule has 0 aromatic carbocycles. The van der Waals surface area contributed by atoms with Crippen LogP contribution in [0.2, 0.25) is 5.02 Å². The number of carbonyl (C=O) groups is 1. The van der Waals surface area contributed by atoms with Crippen molar-refractivity contribution in [2.24, 2.45) is 0 Å². The third kappa shape index (κ3) is 3.76. The van der Waals surface area contributed by atoms with E-state index in [1.54, 1.807) is 12.3 Å². The van der Waals surface area contributed by atoms with Crippen LogP contribution in [0.5, 0.6) is 5.88 Å². The number of pyridine rings is 1. The van der Waals surface area contributed by atoms with Crippen LogP contribution in [0, 0.1) is 0 Å². The normalized spacial score (nSPS) is 25.0. The van der Waals surface area contributed by atoms with Gasteiger partial charge in [0.25, 0.3) is 5.91 Å². The third-order valence-corrected chi connectivity index (χ3v) is 5.68. The average molecular weight is 366 g/mol. The van der Waals surface area contributed by atoms with Crippen molar-refractivity contribution in [1.82, 2.24) is 14.8 Å². The van der Waals surface area contributed by atoms with Crippen LogP contribution in [0.1, 0.15) is 36.0 Å². The number of carbonyl (C=O) groups excluding carboxylic acids is 1. The topological polar surface area (TPSA) is 54.9 Å². The fraction of sp³-hybridized carbons (Fsp3) is 0.667. The van der Waals surface area contributed by atoms with E-state index in [4.69, 9.17) is 21.1 Å². The monoisotopic (exact) mass is 365 g/mol. The lowest BCUT2D eigenvalue weighted by Crippen LogP contribution is -2.53. The standard InChI is InChI=1S/C18H24ClN3O3/c19-16-10-13(11-20-17(16)25-15-4-9-24-12-15)18(23)22-7-5-21(6-8-22)14-2-1-3-14/h10-11,14-15H,1-9,12H2. The zero-order valence-electron chi connectivity index (χ0n) is 14.3. The molecule has 0 N–H and O–H groups in total. The minimum atomic E-state index is -0.00821.